The molecule has 6 nitrogen and oxygen atoms in total. The molecule has 0 spiro atoms. The average Bonchev–Trinajstić information content (AvgIpc) is 3.32. The van der Waals surface area contributed by atoms with Crippen LogP contribution in [0.1, 0.15) is 114 Å². The smallest absolute Gasteiger partial charge is 0.438 e. The molecule has 9 atom stereocenters. The molecule has 4 aliphatic carbocycles. The fraction of sp³-hybridized carbons (Fsp3) is 0.868. The second-order valence-electron chi connectivity index (χ2n) is 17.7. The van der Waals surface area contributed by atoms with E-state index in [2.05, 4.69) is 93.6 Å². The van der Waals surface area contributed by atoms with Crippen LogP contribution in [0.25, 0.3) is 0 Å². The zero-order valence-corrected chi connectivity index (χ0v) is 32.0. The van der Waals surface area contributed by atoms with Gasteiger partial charge in [0.25, 0.3) is 0 Å². The summed E-state index contributed by atoms with van der Waals surface area (Å²) >= 11 is 0. The number of rotatable bonds is 10. The molecule has 0 unspecified atom stereocenters. The highest BCUT2D eigenvalue weighted by Gasteiger charge is 2.62. The van der Waals surface area contributed by atoms with Gasteiger partial charge in [0.15, 0.2) is 8.32 Å². The van der Waals surface area contributed by atoms with Crippen LogP contribution in [0.5, 0.6) is 0 Å². The Kier molecular flexibility index (Phi) is 10.6. The highest BCUT2D eigenvalue weighted by molar-refractivity contribution is 6.74. The number of hydrogen-bond acceptors (Lipinski definition) is 6. The summed E-state index contributed by atoms with van der Waals surface area (Å²) in [5.74, 6) is 2.31. The van der Waals surface area contributed by atoms with Crippen molar-refractivity contribution >= 4 is 14.5 Å². The zero-order chi connectivity index (χ0) is 33.6. The van der Waals surface area contributed by atoms with E-state index in [0.717, 1.165) is 12.8 Å². The van der Waals surface area contributed by atoms with Crippen LogP contribution in [-0.4, -0.2) is 52.8 Å². The van der Waals surface area contributed by atoms with E-state index in [4.69, 9.17) is 23.4 Å². The van der Waals surface area contributed by atoms with Gasteiger partial charge in [-0.2, -0.15) is 0 Å². The Morgan fingerprint density at radius 2 is 1.71 bits per heavy atom. The van der Waals surface area contributed by atoms with Crippen molar-refractivity contribution in [1.82, 2.24) is 0 Å². The minimum atomic E-state index is -1.80. The van der Waals surface area contributed by atoms with E-state index in [1.807, 2.05) is 0 Å². The maximum Gasteiger partial charge on any atom is 0.508 e. The Labute approximate surface area is 276 Å². The highest BCUT2D eigenvalue weighted by atomic mass is 28.4. The summed E-state index contributed by atoms with van der Waals surface area (Å²) in [5.41, 5.74) is 0.836. The molecule has 0 N–H and O–H groups in total. The van der Waals surface area contributed by atoms with E-state index in [9.17, 15) is 4.79 Å². The van der Waals surface area contributed by atoms with Crippen molar-refractivity contribution in [2.24, 2.45) is 40.4 Å². The van der Waals surface area contributed by atoms with Crippen LogP contribution < -0.4 is 0 Å². The molecule has 3 fully saturated rings. The first-order valence-corrected chi connectivity index (χ1v) is 20.6. The van der Waals surface area contributed by atoms with Gasteiger partial charge in [0.2, 0.25) is 0 Å². The second-order valence-corrected chi connectivity index (χ2v) is 22.5. The Morgan fingerprint density at radius 3 is 2.33 bits per heavy atom. The topological polar surface area (TPSA) is 63.2 Å². The van der Waals surface area contributed by atoms with Gasteiger partial charge in [-0.1, -0.05) is 59.3 Å². The second kappa shape index (κ2) is 13.0. The van der Waals surface area contributed by atoms with Crippen molar-refractivity contribution in [3.63, 3.8) is 0 Å². The van der Waals surface area contributed by atoms with E-state index in [1.165, 1.54) is 45.6 Å². The van der Waals surface area contributed by atoms with Gasteiger partial charge in [-0.3, -0.25) is 0 Å². The van der Waals surface area contributed by atoms with E-state index in [0.29, 0.717) is 23.9 Å². The Morgan fingerprint density at radius 1 is 1.02 bits per heavy atom. The third-order valence-electron chi connectivity index (χ3n) is 13.8. The lowest BCUT2D eigenvalue weighted by atomic mass is 9.46. The Balaban J connectivity index is 1.56. The highest BCUT2D eigenvalue weighted by Crippen LogP contribution is 2.68. The van der Waals surface area contributed by atoms with Crippen molar-refractivity contribution in [3.05, 3.63) is 23.8 Å². The molecule has 0 saturated heterocycles. The lowest BCUT2D eigenvalue weighted by Gasteiger charge is -2.59. The zero-order valence-electron chi connectivity index (χ0n) is 31.0. The summed E-state index contributed by atoms with van der Waals surface area (Å²) < 4.78 is 29.4. The average molecular weight is 647 g/mol. The van der Waals surface area contributed by atoms with Crippen molar-refractivity contribution < 1.29 is 28.2 Å². The van der Waals surface area contributed by atoms with Crippen LogP contribution >= 0.6 is 0 Å². The predicted molar refractivity (Wildman–Crippen MR) is 185 cm³/mol. The molecule has 0 aromatic rings. The van der Waals surface area contributed by atoms with Crippen molar-refractivity contribution in [2.45, 2.75) is 149 Å². The monoisotopic (exact) mass is 646 g/mol. The first-order valence-electron chi connectivity index (χ1n) is 17.7. The molecule has 0 aromatic carbocycles. The summed E-state index contributed by atoms with van der Waals surface area (Å²) in [6, 6.07) is 0. The molecule has 0 bridgehead atoms. The molecule has 3 saturated carbocycles. The minimum Gasteiger partial charge on any atom is -0.438 e. The molecular formula is C38H66O6Si. The fourth-order valence-electron chi connectivity index (χ4n) is 9.61. The summed E-state index contributed by atoms with van der Waals surface area (Å²) in [5, 5.41) is 0.236. The van der Waals surface area contributed by atoms with Gasteiger partial charge in [0, 0.05) is 25.0 Å². The van der Waals surface area contributed by atoms with Crippen molar-refractivity contribution in [1.29, 1.82) is 0 Å². The Bertz CT molecular complexity index is 1120. The van der Waals surface area contributed by atoms with E-state index < -0.39 is 25.7 Å². The molecule has 45 heavy (non-hydrogen) atoms. The minimum absolute atomic E-state index is 0.0872. The maximum atomic E-state index is 12.7. The summed E-state index contributed by atoms with van der Waals surface area (Å²) in [6.45, 7) is 25.6. The standard InChI is InChI=1S/C38H66O6Si/c1-26(35(5,6)42-25-40-10)18-23-38(9,43-33(39)41-11)32-17-16-30-29-15-14-27-24-28(44-45(12,13)34(2,3)4)19-21-36(27,7)31(29)20-22-37(30,32)8/h14,18,23,26,28-32H,15-17,19-22,24-25H2,1-13H3/b23-18-/t26-,28-,29-,30-,31-,32-,36-,37-,38-/m0/s1. The maximum absolute atomic E-state index is 12.7. The molecule has 0 aromatic heterocycles. The normalized spacial score (nSPS) is 35.9. The largest absolute Gasteiger partial charge is 0.508 e. The molecule has 0 amide bonds. The lowest BCUT2D eigenvalue weighted by molar-refractivity contribution is -0.128. The Hall–Kier alpha value is -1.15. The number of ether oxygens (including phenoxy) is 4. The predicted octanol–water partition coefficient (Wildman–Crippen LogP) is 10.1. The van der Waals surface area contributed by atoms with Gasteiger partial charge in [-0.25, -0.2) is 4.79 Å². The van der Waals surface area contributed by atoms with Gasteiger partial charge in [-0.15, -0.1) is 0 Å². The summed E-state index contributed by atoms with van der Waals surface area (Å²) in [4.78, 5) is 12.7. The van der Waals surface area contributed by atoms with E-state index >= 15 is 0 Å². The van der Waals surface area contributed by atoms with Gasteiger partial charge < -0.3 is 23.4 Å². The van der Waals surface area contributed by atoms with Gasteiger partial charge in [0.1, 0.15) is 12.4 Å². The third-order valence-corrected chi connectivity index (χ3v) is 18.4. The van der Waals surface area contributed by atoms with E-state index in [1.54, 1.807) is 12.7 Å². The lowest BCUT2D eigenvalue weighted by Crippen LogP contribution is -2.54. The van der Waals surface area contributed by atoms with Crippen molar-refractivity contribution in [2.75, 3.05) is 21.0 Å². The van der Waals surface area contributed by atoms with Crippen LogP contribution in [0.15, 0.2) is 23.8 Å². The molecule has 0 heterocycles. The van der Waals surface area contributed by atoms with Crippen LogP contribution in [0.4, 0.5) is 4.79 Å². The van der Waals surface area contributed by atoms with E-state index in [-0.39, 0.29) is 34.5 Å². The van der Waals surface area contributed by atoms with Crippen LogP contribution in [0.2, 0.25) is 18.1 Å². The molecule has 0 radical (unpaired) electrons. The molecule has 0 aliphatic heterocycles. The first kappa shape index (κ1) is 36.7. The molecule has 258 valence electrons. The first-order chi connectivity index (χ1) is 20.7. The van der Waals surface area contributed by atoms with Gasteiger partial charge in [-0.05, 0) is 125 Å². The van der Waals surface area contributed by atoms with Crippen LogP contribution in [-0.2, 0) is 23.4 Å². The number of methoxy groups -OCH3 is 2. The number of fused-ring (bicyclic) bond motifs is 5. The van der Waals surface area contributed by atoms with Crippen LogP contribution in [0, 0.1) is 40.4 Å². The summed E-state index contributed by atoms with van der Waals surface area (Å²) in [7, 11) is 1.25. The molecule has 4 aliphatic rings. The van der Waals surface area contributed by atoms with Crippen LogP contribution in [0.3, 0.4) is 0 Å². The fourth-order valence-corrected chi connectivity index (χ4v) is 11.0. The van der Waals surface area contributed by atoms with Gasteiger partial charge in [0.05, 0.1) is 12.7 Å². The molecule has 7 heteroatoms. The number of carbonyl (C=O) groups is 1. The SMILES string of the molecule is COCOC(C)(C)[C@@H](C)/C=C\[C@](C)(OC(=O)OC)[C@H]1CC[C@H]2[C@@H]3CC=C4C[C@@H](O[Si](C)(C)C(C)(C)C)CC[C@]4(C)[C@H]3CC[C@@]21C. The van der Waals surface area contributed by atoms with Gasteiger partial charge >= 0.3 is 6.16 Å². The summed E-state index contributed by atoms with van der Waals surface area (Å²) in [6.07, 6.45) is 16.0. The number of allylic oxidation sites excluding steroid dienone is 1. The van der Waals surface area contributed by atoms with Crippen molar-refractivity contribution in [3.8, 4) is 0 Å². The quantitative estimate of drug-likeness (QED) is 0.102. The third kappa shape index (κ3) is 7.03. The molecule has 4 rings (SSSR count). The number of hydrogen-bond donors (Lipinski definition) is 0. The number of carbonyl (C=O) groups excluding carboxylic acids is 1. The molecular weight excluding hydrogens is 580 g/mol.